The van der Waals surface area contributed by atoms with E-state index in [1.54, 1.807) is 0 Å². The minimum Gasteiger partial charge on any atom is -0.299 e. The maximum Gasteiger partial charge on any atom is 0.158 e. The lowest BCUT2D eigenvalue weighted by molar-refractivity contribution is -0.140. The van der Waals surface area contributed by atoms with Crippen LogP contribution in [0.3, 0.4) is 0 Å². The van der Waals surface area contributed by atoms with Gasteiger partial charge >= 0.3 is 0 Å². The lowest BCUT2D eigenvalue weighted by Crippen LogP contribution is -2.54. The molecule has 0 aliphatic heterocycles. The highest BCUT2D eigenvalue weighted by molar-refractivity contribution is 5.96. The van der Waals surface area contributed by atoms with E-state index in [-0.39, 0.29) is 10.8 Å². The summed E-state index contributed by atoms with van der Waals surface area (Å²) in [6, 6.07) is 0. The van der Waals surface area contributed by atoms with Crippen molar-refractivity contribution in [3.05, 3.63) is 11.6 Å². The Morgan fingerprint density at radius 1 is 1.04 bits per heavy atom. The van der Waals surface area contributed by atoms with Gasteiger partial charge in [-0.1, -0.05) is 19.9 Å². The van der Waals surface area contributed by atoms with Crippen LogP contribution in [0.25, 0.3) is 0 Å². The predicted octanol–water partition coefficient (Wildman–Crippen LogP) is 4.72. The maximum atomic E-state index is 12.5. The van der Waals surface area contributed by atoms with Gasteiger partial charge in [0.1, 0.15) is 5.78 Å². The molecule has 126 valence electrons. The van der Waals surface area contributed by atoms with Crippen molar-refractivity contribution >= 4 is 11.6 Å². The van der Waals surface area contributed by atoms with Crippen LogP contribution in [0.4, 0.5) is 0 Å². The van der Waals surface area contributed by atoms with E-state index in [2.05, 4.69) is 19.9 Å². The molecule has 0 aromatic rings. The minimum atomic E-state index is -0.0295. The Labute approximate surface area is 140 Å². The number of fused-ring (bicyclic) bond motifs is 5. The number of ketones is 2. The largest absolute Gasteiger partial charge is 0.299 e. The second kappa shape index (κ2) is 5.04. The highest BCUT2D eigenvalue weighted by Gasteiger charge is 2.60. The Bertz CT molecular complexity index is 589. The number of Topliss-reactive ketones (excluding diaryl/α,β-unsaturated/α-hetero) is 2. The van der Waals surface area contributed by atoms with Crippen LogP contribution in [0, 0.1) is 34.5 Å². The molecule has 0 heterocycles. The molecule has 1 unspecified atom stereocenters. The van der Waals surface area contributed by atoms with Crippen LogP contribution in [0.1, 0.15) is 72.1 Å². The number of carbonyl (C=O) groups excluding carboxylic acids is 2. The van der Waals surface area contributed by atoms with Gasteiger partial charge in [0, 0.05) is 18.3 Å². The fourth-order valence-corrected chi connectivity index (χ4v) is 7.04. The molecule has 0 N–H and O–H groups in total. The van der Waals surface area contributed by atoms with E-state index in [0.717, 1.165) is 37.7 Å². The molecule has 0 bridgehead atoms. The summed E-state index contributed by atoms with van der Waals surface area (Å²) < 4.78 is 0. The van der Waals surface area contributed by atoms with Gasteiger partial charge in [0.05, 0.1) is 0 Å². The number of hydrogen-bond acceptors (Lipinski definition) is 2. The van der Waals surface area contributed by atoms with E-state index in [1.807, 2.05) is 6.92 Å². The lowest BCUT2D eigenvalue weighted by Gasteiger charge is -2.59. The van der Waals surface area contributed by atoms with Crippen LogP contribution in [-0.4, -0.2) is 11.6 Å². The van der Waals surface area contributed by atoms with Gasteiger partial charge in [-0.2, -0.15) is 0 Å². The van der Waals surface area contributed by atoms with Gasteiger partial charge in [0.25, 0.3) is 0 Å². The maximum absolute atomic E-state index is 12.5. The quantitative estimate of drug-likeness (QED) is 0.606. The van der Waals surface area contributed by atoms with Gasteiger partial charge in [-0.15, -0.1) is 0 Å². The molecule has 0 aromatic heterocycles. The molecule has 4 aliphatic carbocycles. The second-order valence-corrected chi connectivity index (χ2v) is 9.19. The first kappa shape index (κ1) is 15.6. The van der Waals surface area contributed by atoms with Gasteiger partial charge in [-0.3, -0.25) is 9.59 Å². The van der Waals surface area contributed by atoms with Crippen LogP contribution >= 0.6 is 0 Å². The fraction of sp³-hybridized carbons (Fsp3) is 0.810. The van der Waals surface area contributed by atoms with Crippen molar-refractivity contribution in [2.24, 2.45) is 34.5 Å². The summed E-state index contributed by atoms with van der Waals surface area (Å²) in [5.41, 5.74) is 1.32. The number of allylic oxidation sites excluding steroid dienone is 2. The summed E-state index contributed by atoms with van der Waals surface area (Å²) in [6.07, 6.45) is 10.4. The monoisotopic (exact) mass is 314 g/mol. The molecule has 4 aliphatic rings. The van der Waals surface area contributed by atoms with Crippen LogP contribution in [0.2, 0.25) is 0 Å². The Morgan fingerprint density at radius 2 is 1.83 bits per heavy atom. The van der Waals surface area contributed by atoms with Gasteiger partial charge in [-0.25, -0.2) is 0 Å². The van der Waals surface area contributed by atoms with E-state index in [9.17, 15) is 9.59 Å². The third-order valence-electron chi connectivity index (χ3n) is 8.48. The van der Waals surface area contributed by atoms with Crippen molar-refractivity contribution in [1.29, 1.82) is 0 Å². The van der Waals surface area contributed by atoms with Gasteiger partial charge < -0.3 is 0 Å². The molecule has 2 heteroatoms. The first-order valence-corrected chi connectivity index (χ1v) is 9.62. The first-order valence-electron chi connectivity index (χ1n) is 9.62. The molecular weight excluding hydrogens is 284 g/mol. The van der Waals surface area contributed by atoms with E-state index in [1.165, 1.54) is 19.3 Å². The van der Waals surface area contributed by atoms with E-state index >= 15 is 0 Å². The molecule has 2 nitrogen and oxygen atoms in total. The van der Waals surface area contributed by atoms with Gasteiger partial charge in [0.15, 0.2) is 5.78 Å². The zero-order valence-electron chi connectivity index (χ0n) is 14.9. The number of rotatable bonds is 0. The van der Waals surface area contributed by atoms with Gasteiger partial charge in [-0.05, 0) is 80.1 Å². The molecule has 23 heavy (non-hydrogen) atoms. The molecule has 4 saturated carbocycles. The molecule has 6 atom stereocenters. The minimum absolute atomic E-state index is 0.0295. The summed E-state index contributed by atoms with van der Waals surface area (Å²) in [5.74, 6) is 3.53. The predicted molar refractivity (Wildman–Crippen MR) is 90.9 cm³/mol. The van der Waals surface area contributed by atoms with Crippen LogP contribution in [0.15, 0.2) is 11.6 Å². The average molecular weight is 314 g/mol. The van der Waals surface area contributed by atoms with E-state index in [0.29, 0.717) is 35.2 Å². The topological polar surface area (TPSA) is 34.1 Å². The molecule has 0 spiro atoms. The standard InChI is InChI=1S/C21H30O2/c1-4-13-12-21(3)14(11-18(13)22)5-6-15-16-7-8-19(23)20(16,2)10-9-17(15)21/h4,14-17H,5-12H2,1-3H3/t14?,15-,16-,17-,20-,21-/m0/s1. The summed E-state index contributed by atoms with van der Waals surface area (Å²) in [7, 11) is 0. The number of hydrogen-bond donors (Lipinski definition) is 0. The van der Waals surface area contributed by atoms with Gasteiger partial charge in [0.2, 0.25) is 0 Å². The molecule has 0 amide bonds. The van der Waals surface area contributed by atoms with E-state index in [4.69, 9.17) is 0 Å². The van der Waals surface area contributed by atoms with Crippen LogP contribution in [0.5, 0.6) is 0 Å². The Balaban J connectivity index is 1.68. The summed E-state index contributed by atoms with van der Waals surface area (Å²) in [6.45, 7) is 6.73. The molecule has 4 rings (SSSR count). The smallest absolute Gasteiger partial charge is 0.158 e. The third-order valence-corrected chi connectivity index (χ3v) is 8.48. The molecular formula is C21H30O2. The Hall–Kier alpha value is -0.920. The van der Waals surface area contributed by atoms with Crippen LogP contribution < -0.4 is 0 Å². The number of carbonyl (C=O) groups is 2. The average Bonchev–Trinajstić information content (AvgIpc) is 2.83. The lowest BCUT2D eigenvalue weighted by atomic mass is 9.45. The van der Waals surface area contributed by atoms with Crippen LogP contribution in [-0.2, 0) is 9.59 Å². The second-order valence-electron chi connectivity index (χ2n) is 9.19. The highest BCUT2D eigenvalue weighted by atomic mass is 16.1. The molecule has 0 aromatic carbocycles. The Kier molecular flexibility index (Phi) is 3.42. The zero-order chi connectivity index (χ0) is 16.4. The molecule has 0 radical (unpaired) electrons. The highest BCUT2D eigenvalue weighted by Crippen LogP contribution is 2.65. The third kappa shape index (κ3) is 1.99. The Morgan fingerprint density at radius 3 is 2.57 bits per heavy atom. The summed E-state index contributed by atoms with van der Waals surface area (Å²) >= 11 is 0. The van der Waals surface area contributed by atoms with Crippen molar-refractivity contribution < 1.29 is 9.59 Å². The molecule has 4 fully saturated rings. The van der Waals surface area contributed by atoms with Crippen molar-refractivity contribution in [3.8, 4) is 0 Å². The fourth-order valence-electron chi connectivity index (χ4n) is 7.04. The van der Waals surface area contributed by atoms with E-state index < -0.39 is 0 Å². The van der Waals surface area contributed by atoms with Crippen molar-refractivity contribution in [2.75, 3.05) is 0 Å². The first-order chi connectivity index (χ1) is 10.9. The normalized spacial score (nSPS) is 51.3. The van der Waals surface area contributed by atoms with Crippen molar-refractivity contribution in [2.45, 2.75) is 72.1 Å². The van der Waals surface area contributed by atoms with Crippen molar-refractivity contribution in [3.63, 3.8) is 0 Å². The summed E-state index contributed by atoms with van der Waals surface area (Å²) in [5, 5.41) is 0. The summed E-state index contributed by atoms with van der Waals surface area (Å²) in [4.78, 5) is 24.8. The SMILES string of the molecule is CC=C1C[C@@]2(C)C(CC[C@@H]3[C@@H]2CC[C@]2(C)C(=O)CC[C@@H]32)CC1=O. The zero-order valence-corrected chi connectivity index (χ0v) is 14.9. The molecule has 0 saturated heterocycles. The van der Waals surface area contributed by atoms with Crippen molar-refractivity contribution in [1.82, 2.24) is 0 Å².